The van der Waals surface area contributed by atoms with Crippen LogP contribution >= 0.6 is 0 Å². The number of rotatable bonds is 6. The van der Waals surface area contributed by atoms with Crippen molar-refractivity contribution < 1.29 is 4.74 Å². The maximum absolute atomic E-state index is 5.41. The molecule has 7 heteroatoms. The van der Waals surface area contributed by atoms with Crippen LogP contribution in [-0.2, 0) is 6.54 Å². The largest absolute Gasteiger partial charge is 0.497 e. The van der Waals surface area contributed by atoms with Gasteiger partial charge in [-0.1, -0.05) is 6.07 Å². The second-order valence-corrected chi connectivity index (χ2v) is 7.21. The molecule has 0 saturated carbocycles. The number of nitrogens with zero attached hydrogens (tertiary/aromatic N) is 2. The lowest BCUT2D eigenvalue weighted by Gasteiger charge is -2.12. The highest BCUT2D eigenvalue weighted by Gasteiger charge is 2.09. The topological polar surface area (TPSA) is 90.7 Å². The summed E-state index contributed by atoms with van der Waals surface area (Å²) in [6, 6.07) is 16.3. The summed E-state index contributed by atoms with van der Waals surface area (Å²) in [7, 11) is 1.66. The van der Waals surface area contributed by atoms with Crippen LogP contribution in [0, 0.1) is 6.92 Å². The summed E-state index contributed by atoms with van der Waals surface area (Å²) in [6.45, 7) is 2.64. The number of hydrogen-bond donors (Lipinski definition) is 4. The number of anilines is 3. The normalized spacial score (nSPS) is 11.1. The molecule has 2 aromatic carbocycles. The van der Waals surface area contributed by atoms with E-state index in [1.165, 1.54) is 10.9 Å². The van der Waals surface area contributed by atoms with E-state index < -0.39 is 0 Å². The second kappa shape index (κ2) is 7.44. The number of fused-ring (bicyclic) bond motifs is 2. The molecule has 0 atom stereocenters. The lowest BCUT2D eigenvalue weighted by atomic mass is 10.1. The minimum Gasteiger partial charge on any atom is -0.497 e. The van der Waals surface area contributed by atoms with Crippen LogP contribution in [0.2, 0.25) is 0 Å². The first kappa shape index (κ1) is 18.1. The molecule has 0 fully saturated rings. The first-order valence-electron chi connectivity index (χ1n) is 9.76. The Labute approximate surface area is 173 Å². The zero-order valence-corrected chi connectivity index (χ0v) is 16.8. The van der Waals surface area contributed by atoms with Crippen molar-refractivity contribution >= 4 is 39.3 Å². The number of nitrogens with one attached hydrogen (secondary N) is 4. The molecule has 7 nitrogen and oxygen atoms in total. The van der Waals surface area contributed by atoms with Gasteiger partial charge in [0.2, 0.25) is 5.95 Å². The fourth-order valence-corrected chi connectivity index (χ4v) is 3.60. The van der Waals surface area contributed by atoms with Crippen molar-refractivity contribution in [1.29, 1.82) is 0 Å². The van der Waals surface area contributed by atoms with E-state index in [0.717, 1.165) is 39.4 Å². The van der Waals surface area contributed by atoms with E-state index in [0.29, 0.717) is 12.5 Å². The lowest BCUT2D eigenvalue weighted by molar-refractivity contribution is 0.415. The van der Waals surface area contributed by atoms with Gasteiger partial charge < -0.3 is 25.3 Å². The van der Waals surface area contributed by atoms with Crippen LogP contribution in [0.4, 0.5) is 17.5 Å². The number of methoxy groups -OCH3 is 1. The Bertz CT molecular complexity index is 1340. The monoisotopic (exact) mass is 398 g/mol. The average molecular weight is 398 g/mol. The number of aryl methyl sites for hydroxylation is 1. The molecule has 3 aromatic heterocycles. The Morgan fingerprint density at radius 1 is 0.933 bits per heavy atom. The van der Waals surface area contributed by atoms with Gasteiger partial charge in [-0.25, -0.2) is 4.98 Å². The average Bonchev–Trinajstić information content (AvgIpc) is 3.40. The van der Waals surface area contributed by atoms with Crippen molar-refractivity contribution in [2.45, 2.75) is 13.5 Å². The van der Waals surface area contributed by atoms with Gasteiger partial charge in [0.05, 0.1) is 18.3 Å². The van der Waals surface area contributed by atoms with E-state index in [1.807, 2.05) is 43.6 Å². The van der Waals surface area contributed by atoms with Gasteiger partial charge in [-0.2, -0.15) is 4.98 Å². The minimum absolute atomic E-state index is 0.536. The van der Waals surface area contributed by atoms with Crippen LogP contribution in [0.25, 0.3) is 21.8 Å². The standard InChI is InChI=1S/C23H22N6O/c1-14-9-22(26-13-15-3-4-19-16(10-15)5-7-24-19)29-23(27-14)28-21-12-17(30-2)11-20-18(21)6-8-25-20/h3-12,24-25H,13H2,1-2H3,(H2,26,27,28,29). The van der Waals surface area contributed by atoms with Crippen molar-refractivity contribution in [3.63, 3.8) is 0 Å². The van der Waals surface area contributed by atoms with Gasteiger partial charge in [0, 0.05) is 53.7 Å². The molecule has 0 spiro atoms. The first-order chi connectivity index (χ1) is 14.7. The summed E-state index contributed by atoms with van der Waals surface area (Å²) < 4.78 is 5.41. The van der Waals surface area contributed by atoms with Gasteiger partial charge in [-0.3, -0.25) is 0 Å². The van der Waals surface area contributed by atoms with Gasteiger partial charge in [0.25, 0.3) is 0 Å². The predicted molar refractivity (Wildman–Crippen MR) is 121 cm³/mol. The molecule has 5 aromatic rings. The Kier molecular flexibility index (Phi) is 4.48. The highest BCUT2D eigenvalue weighted by molar-refractivity contribution is 5.94. The van der Waals surface area contributed by atoms with E-state index in [9.17, 15) is 0 Å². The van der Waals surface area contributed by atoms with Crippen molar-refractivity contribution in [1.82, 2.24) is 19.9 Å². The molecule has 30 heavy (non-hydrogen) atoms. The van der Waals surface area contributed by atoms with Crippen molar-refractivity contribution in [3.8, 4) is 5.75 Å². The molecule has 0 saturated heterocycles. The van der Waals surface area contributed by atoms with E-state index >= 15 is 0 Å². The molecule has 0 aliphatic carbocycles. The molecular formula is C23H22N6O. The molecule has 0 aliphatic rings. The van der Waals surface area contributed by atoms with E-state index in [2.05, 4.69) is 54.8 Å². The van der Waals surface area contributed by atoms with Gasteiger partial charge >= 0.3 is 0 Å². The van der Waals surface area contributed by atoms with Crippen LogP contribution in [0.3, 0.4) is 0 Å². The van der Waals surface area contributed by atoms with Crippen molar-refractivity contribution in [2.75, 3.05) is 17.7 Å². The summed E-state index contributed by atoms with van der Waals surface area (Å²) in [6.07, 6.45) is 3.86. The predicted octanol–water partition coefficient (Wildman–Crippen LogP) is 5.11. The van der Waals surface area contributed by atoms with Crippen LogP contribution in [-0.4, -0.2) is 27.0 Å². The third-order valence-corrected chi connectivity index (χ3v) is 5.07. The SMILES string of the molecule is COc1cc(Nc2nc(C)cc(NCc3ccc4[nH]ccc4c3)n2)c2cc[nH]c2c1. The fraction of sp³-hybridized carbons (Fsp3) is 0.130. The van der Waals surface area contributed by atoms with Crippen LogP contribution < -0.4 is 15.4 Å². The summed E-state index contributed by atoms with van der Waals surface area (Å²) in [5, 5.41) is 9.00. The van der Waals surface area contributed by atoms with E-state index in [4.69, 9.17) is 4.74 Å². The molecule has 0 radical (unpaired) electrons. The molecule has 150 valence electrons. The van der Waals surface area contributed by atoms with Crippen LogP contribution in [0.5, 0.6) is 5.75 Å². The zero-order chi connectivity index (χ0) is 20.5. The Balaban J connectivity index is 1.39. The quantitative estimate of drug-likeness (QED) is 0.319. The first-order valence-corrected chi connectivity index (χ1v) is 9.76. The van der Waals surface area contributed by atoms with E-state index in [-0.39, 0.29) is 0 Å². The van der Waals surface area contributed by atoms with Gasteiger partial charge in [0.1, 0.15) is 11.6 Å². The van der Waals surface area contributed by atoms with Crippen LogP contribution in [0.15, 0.2) is 60.9 Å². The van der Waals surface area contributed by atoms with Crippen molar-refractivity contribution in [3.05, 3.63) is 72.2 Å². The third-order valence-electron chi connectivity index (χ3n) is 5.07. The maximum Gasteiger partial charge on any atom is 0.229 e. The smallest absolute Gasteiger partial charge is 0.229 e. The Hall–Kier alpha value is -4.00. The van der Waals surface area contributed by atoms with Crippen LogP contribution in [0.1, 0.15) is 11.3 Å². The zero-order valence-electron chi connectivity index (χ0n) is 16.8. The Morgan fingerprint density at radius 2 is 1.80 bits per heavy atom. The summed E-state index contributed by atoms with van der Waals surface area (Å²) in [5.74, 6) is 2.07. The lowest BCUT2D eigenvalue weighted by Crippen LogP contribution is -2.06. The highest BCUT2D eigenvalue weighted by atomic mass is 16.5. The molecule has 0 aliphatic heterocycles. The maximum atomic E-state index is 5.41. The number of benzene rings is 2. The molecule has 3 heterocycles. The molecule has 5 rings (SSSR count). The number of ether oxygens (including phenoxy) is 1. The molecule has 0 bridgehead atoms. The second-order valence-electron chi connectivity index (χ2n) is 7.21. The minimum atomic E-state index is 0.536. The van der Waals surface area contributed by atoms with Gasteiger partial charge in [-0.05, 0) is 42.1 Å². The molecule has 0 unspecified atom stereocenters. The molecule has 4 N–H and O–H groups in total. The molecular weight excluding hydrogens is 376 g/mol. The summed E-state index contributed by atoms with van der Waals surface area (Å²) in [4.78, 5) is 15.6. The van der Waals surface area contributed by atoms with Crippen molar-refractivity contribution in [2.24, 2.45) is 0 Å². The molecule has 0 amide bonds. The van der Waals surface area contributed by atoms with E-state index in [1.54, 1.807) is 7.11 Å². The fourth-order valence-electron chi connectivity index (χ4n) is 3.60. The Morgan fingerprint density at radius 3 is 2.70 bits per heavy atom. The van der Waals surface area contributed by atoms with Gasteiger partial charge in [-0.15, -0.1) is 0 Å². The number of H-pyrrole nitrogens is 2. The highest BCUT2D eigenvalue weighted by Crippen LogP contribution is 2.30. The number of aromatic amines is 2. The number of hydrogen-bond acceptors (Lipinski definition) is 5. The van der Waals surface area contributed by atoms with Gasteiger partial charge in [0.15, 0.2) is 0 Å². The summed E-state index contributed by atoms with van der Waals surface area (Å²) >= 11 is 0. The third kappa shape index (κ3) is 3.53. The summed E-state index contributed by atoms with van der Waals surface area (Å²) in [5.41, 5.74) is 5.08. The number of aromatic nitrogens is 4.